The lowest BCUT2D eigenvalue weighted by atomic mass is 9.99. The van der Waals surface area contributed by atoms with Gasteiger partial charge in [0.05, 0.1) is 32.0 Å². The average molecular weight is 1200 g/mol. The summed E-state index contributed by atoms with van der Waals surface area (Å²) in [5.41, 5.74) is 0. The summed E-state index contributed by atoms with van der Waals surface area (Å²) in [7, 11) is 0. The predicted molar refractivity (Wildman–Crippen MR) is 356 cm³/mol. The van der Waals surface area contributed by atoms with Gasteiger partial charge in [0.15, 0.2) is 6.29 Å². The summed E-state index contributed by atoms with van der Waals surface area (Å²) < 4.78 is 16.7. The smallest absolute Gasteiger partial charge is 0.305 e. The van der Waals surface area contributed by atoms with E-state index in [0.717, 1.165) is 70.6 Å². The van der Waals surface area contributed by atoms with Crippen molar-refractivity contribution in [3.05, 3.63) is 72.9 Å². The van der Waals surface area contributed by atoms with Gasteiger partial charge in [-0.25, -0.2) is 0 Å². The SMILES string of the molecule is CCC/C=C\C/C=C\CCCCCCCC(=O)OCCCCCCCCCCC/C=C\C/C=C\CCCCCCCCCCCCCCCCCCCC(=O)NC(COC1OC(CO)C(O)C(O)C1O)C(O)/C=C/CC/C=C/CCCCCCC. The van der Waals surface area contributed by atoms with Gasteiger partial charge in [-0.2, -0.15) is 0 Å². The van der Waals surface area contributed by atoms with Gasteiger partial charge in [-0.3, -0.25) is 9.59 Å². The fraction of sp³-hybridized carbons (Fsp3) is 0.811. The number of amides is 1. The Morgan fingerprint density at radius 3 is 1.28 bits per heavy atom. The van der Waals surface area contributed by atoms with Crippen LogP contribution in [0.2, 0.25) is 0 Å². The molecule has 6 N–H and O–H groups in total. The summed E-state index contributed by atoms with van der Waals surface area (Å²) >= 11 is 0. The minimum atomic E-state index is -1.58. The fourth-order valence-electron chi connectivity index (χ4n) is 10.9. The third-order valence-electron chi connectivity index (χ3n) is 16.5. The van der Waals surface area contributed by atoms with Crippen LogP contribution in [0.15, 0.2) is 72.9 Å². The van der Waals surface area contributed by atoms with Crippen LogP contribution in [-0.2, 0) is 23.8 Å². The van der Waals surface area contributed by atoms with Crippen molar-refractivity contribution in [3.63, 3.8) is 0 Å². The lowest BCUT2D eigenvalue weighted by Gasteiger charge is -2.40. The highest BCUT2D eigenvalue weighted by molar-refractivity contribution is 5.76. The van der Waals surface area contributed by atoms with Gasteiger partial charge in [0.1, 0.15) is 24.4 Å². The van der Waals surface area contributed by atoms with Gasteiger partial charge in [0.25, 0.3) is 0 Å². The minimum Gasteiger partial charge on any atom is -0.466 e. The molecule has 494 valence electrons. The number of allylic oxidation sites excluding steroid dienone is 11. The molecule has 0 aromatic heterocycles. The Kier molecular flexibility index (Phi) is 59.1. The highest BCUT2D eigenvalue weighted by Gasteiger charge is 2.44. The monoisotopic (exact) mass is 1200 g/mol. The number of esters is 1. The van der Waals surface area contributed by atoms with Gasteiger partial charge in [-0.15, -0.1) is 0 Å². The number of carbonyl (C=O) groups is 2. The van der Waals surface area contributed by atoms with Gasteiger partial charge in [-0.05, 0) is 103 Å². The molecule has 1 aliphatic rings. The van der Waals surface area contributed by atoms with Gasteiger partial charge in [0.2, 0.25) is 5.91 Å². The van der Waals surface area contributed by atoms with Crippen LogP contribution < -0.4 is 5.32 Å². The summed E-state index contributed by atoms with van der Waals surface area (Å²) in [6.45, 7) is 4.25. The molecule has 0 bridgehead atoms. The van der Waals surface area contributed by atoms with Crippen LogP contribution >= 0.6 is 0 Å². The lowest BCUT2D eigenvalue weighted by Crippen LogP contribution is -2.60. The molecule has 11 nitrogen and oxygen atoms in total. The topological polar surface area (TPSA) is 175 Å². The summed E-state index contributed by atoms with van der Waals surface area (Å²) in [4.78, 5) is 25.1. The molecule has 7 atom stereocenters. The zero-order valence-corrected chi connectivity index (χ0v) is 54.8. The van der Waals surface area contributed by atoms with E-state index in [4.69, 9.17) is 14.2 Å². The summed E-state index contributed by atoms with van der Waals surface area (Å²) in [5.74, 6) is -0.200. The molecule has 7 unspecified atom stereocenters. The molecule has 1 heterocycles. The number of hydrogen-bond donors (Lipinski definition) is 6. The normalized spacial score (nSPS) is 18.4. The molecular weight excluding hydrogens is 1060 g/mol. The molecule has 0 saturated carbocycles. The third-order valence-corrected chi connectivity index (χ3v) is 16.5. The average Bonchev–Trinajstić information content (AvgIpc) is 3.30. The van der Waals surface area contributed by atoms with E-state index < -0.39 is 49.5 Å². The molecule has 0 aliphatic carbocycles. The van der Waals surface area contributed by atoms with Gasteiger partial charge < -0.3 is 45.1 Å². The Hall–Kier alpha value is -2.90. The van der Waals surface area contributed by atoms with Crippen molar-refractivity contribution >= 4 is 11.9 Å². The molecular formula is C74H133NO10. The van der Waals surface area contributed by atoms with E-state index in [1.165, 1.54) is 225 Å². The Labute approximate surface area is 521 Å². The van der Waals surface area contributed by atoms with Crippen molar-refractivity contribution in [1.29, 1.82) is 0 Å². The molecule has 0 spiro atoms. The number of carbonyl (C=O) groups excluding carboxylic acids is 2. The molecule has 1 amide bonds. The van der Waals surface area contributed by atoms with Crippen LogP contribution in [0, 0.1) is 0 Å². The van der Waals surface area contributed by atoms with Crippen LogP contribution in [0.1, 0.15) is 322 Å². The van der Waals surface area contributed by atoms with Crippen molar-refractivity contribution in [2.45, 2.75) is 365 Å². The Bertz CT molecular complexity index is 1640. The first-order valence-electron chi connectivity index (χ1n) is 35.7. The first kappa shape index (κ1) is 80.1. The highest BCUT2D eigenvalue weighted by Crippen LogP contribution is 2.23. The largest absolute Gasteiger partial charge is 0.466 e. The van der Waals surface area contributed by atoms with Crippen molar-refractivity contribution in [3.8, 4) is 0 Å². The van der Waals surface area contributed by atoms with Crippen LogP contribution in [0.4, 0.5) is 0 Å². The first-order valence-corrected chi connectivity index (χ1v) is 35.7. The quantitative estimate of drug-likeness (QED) is 0.0195. The van der Waals surface area contributed by atoms with E-state index in [1.807, 2.05) is 6.08 Å². The Balaban J connectivity index is 1.95. The number of aliphatic hydroxyl groups is 5. The van der Waals surface area contributed by atoms with E-state index in [1.54, 1.807) is 6.08 Å². The number of aliphatic hydroxyl groups excluding tert-OH is 5. The van der Waals surface area contributed by atoms with Gasteiger partial charge in [0, 0.05) is 12.8 Å². The van der Waals surface area contributed by atoms with E-state index in [-0.39, 0.29) is 18.5 Å². The summed E-state index contributed by atoms with van der Waals surface area (Å²) in [6, 6.07) is -0.827. The Morgan fingerprint density at radius 1 is 0.435 bits per heavy atom. The number of ether oxygens (including phenoxy) is 3. The van der Waals surface area contributed by atoms with Crippen LogP contribution in [-0.4, -0.2) is 100 Å². The minimum absolute atomic E-state index is 0.00925. The van der Waals surface area contributed by atoms with Gasteiger partial charge in [-0.1, -0.05) is 279 Å². The molecule has 1 fully saturated rings. The van der Waals surface area contributed by atoms with Crippen LogP contribution in [0.3, 0.4) is 0 Å². The summed E-state index contributed by atoms with van der Waals surface area (Å²) in [5, 5.41) is 54.4. The number of unbranched alkanes of at least 4 members (excludes halogenated alkanes) is 38. The second-order valence-corrected chi connectivity index (χ2v) is 24.6. The van der Waals surface area contributed by atoms with E-state index >= 15 is 0 Å². The fourth-order valence-corrected chi connectivity index (χ4v) is 10.9. The maximum Gasteiger partial charge on any atom is 0.305 e. The second-order valence-electron chi connectivity index (χ2n) is 24.6. The van der Waals surface area contributed by atoms with Crippen molar-refractivity contribution < 1.29 is 49.3 Å². The first-order chi connectivity index (χ1) is 41.7. The summed E-state index contributed by atoms with van der Waals surface area (Å²) in [6.07, 6.45) is 74.8. The van der Waals surface area contributed by atoms with Gasteiger partial charge >= 0.3 is 5.97 Å². The van der Waals surface area contributed by atoms with E-state index in [0.29, 0.717) is 19.4 Å². The number of rotatable bonds is 62. The predicted octanol–water partition coefficient (Wildman–Crippen LogP) is 18.3. The van der Waals surface area contributed by atoms with Crippen molar-refractivity contribution in [1.82, 2.24) is 5.32 Å². The zero-order valence-electron chi connectivity index (χ0n) is 54.8. The lowest BCUT2D eigenvalue weighted by molar-refractivity contribution is -0.302. The zero-order chi connectivity index (χ0) is 61.6. The van der Waals surface area contributed by atoms with Crippen molar-refractivity contribution in [2.75, 3.05) is 19.8 Å². The van der Waals surface area contributed by atoms with Crippen LogP contribution in [0.5, 0.6) is 0 Å². The highest BCUT2D eigenvalue weighted by atomic mass is 16.7. The third kappa shape index (κ3) is 51.7. The molecule has 1 aliphatic heterocycles. The molecule has 11 heteroatoms. The standard InChI is InChI=1S/C74H133NO10/c1-3-5-7-9-11-13-15-37-42-46-50-54-58-62-70(79)83-63-59-55-51-47-43-39-36-34-32-30-28-26-24-22-20-18-16-17-19-21-23-25-27-29-31-33-35-38-41-45-49-53-57-61-69(78)75-66(65-84-74-73(82)72(81)71(80)68(64-76)85-74)67(77)60-56-52-48-44-40-14-12-10-8-6-4-2/h7,9,13,15,20,22,26,28,40,44,56,60,66-68,71-74,76-77,80-82H,3-6,8,10-12,14,16-19,21,23-25,27,29-39,41-43,45-55,57-59,61-65H2,1-2H3,(H,75,78)/b9-7-,15-13-,22-20-,28-26-,44-40+,60-56+. The van der Waals surface area contributed by atoms with Crippen molar-refractivity contribution in [2.24, 2.45) is 0 Å². The number of hydrogen-bond acceptors (Lipinski definition) is 10. The molecule has 1 rings (SSSR count). The number of nitrogens with one attached hydrogen (secondary N) is 1. The molecule has 0 aromatic rings. The Morgan fingerprint density at radius 2 is 0.824 bits per heavy atom. The molecule has 0 aromatic carbocycles. The second kappa shape index (κ2) is 62.7. The van der Waals surface area contributed by atoms with E-state index in [9.17, 15) is 35.1 Å². The maximum absolute atomic E-state index is 13.0. The molecule has 1 saturated heterocycles. The maximum atomic E-state index is 13.0. The van der Waals surface area contributed by atoms with E-state index in [2.05, 4.69) is 79.9 Å². The van der Waals surface area contributed by atoms with Crippen LogP contribution in [0.25, 0.3) is 0 Å². The molecule has 0 radical (unpaired) electrons. The molecule has 85 heavy (non-hydrogen) atoms.